The van der Waals surface area contributed by atoms with Crippen molar-refractivity contribution in [2.75, 3.05) is 24.2 Å². The fourth-order valence-electron chi connectivity index (χ4n) is 1.85. The van der Waals surface area contributed by atoms with Gasteiger partial charge in [0.2, 0.25) is 5.91 Å². The van der Waals surface area contributed by atoms with E-state index in [1.54, 1.807) is 34.9 Å². The molecule has 0 aliphatic heterocycles. The number of carbonyl (C=O) groups excluding carboxylic acids is 1. The standard InChI is InChI=1S/C12H18N6O/c1-8(2)15-10(19)7-17(3)12-11-14-4-5-18(11)6-9(13)16-12/h4-6,8H,7,13H2,1-3H3,(H,15,19). The number of nitrogens with one attached hydrogen (secondary N) is 1. The average Bonchev–Trinajstić information content (AvgIpc) is 2.73. The number of nitrogens with zero attached hydrogens (tertiary/aromatic N) is 4. The van der Waals surface area contributed by atoms with Gasteiger partial charge in [-0.25, -0.2) is 9.97 Å². The molecule has 19 heavy (non-hydrogen) atoms. The highest BCUT2D eigenvalue weighted by atomic mass is 16.2. The van der Waals surface area contributed by atoms with Crippen molar-refractivity contribution in [1.29, 1.82) is 0 Å². The summed E-state index contributed by atoms with van der Waals surface area (Å²) in [5.41, 5.74) is 6.42. The number of amides is 1. The largest absolute Gasteiger partial charge is 0.382 e. The molecule has 3 N–H and O–H groups in total. The highest BCUT2D eigenvalue weighted by Crippen LogP contribution is 2.17. The van der Waals surface area contributed by atoms with Gasteiger partial charge in [-0.05, 0) is 13.8 Å². The Bertz CT molecular complexity index is 591. The summed E-state index contributed by atoms with van der Waals surface area (Å²) >= 11 is 0. The molecule has 1 amide bonds. The van der Waals surface area contributed by atoms with E-state index < -0.39 is 0 Å². The maximum Gasteiger partial charge on any atom is 0.239 e. The number of hydrogen-bond acceptors (Lipinski definition) is 5. The van der Waals surface area contributed by atoms with Crippen LogP contribution in [0.3, 0.4) is 0 Å². The number of aromatic nitrogens is 3. The van der Waals surface area contributed by atoms with Gasteiger partial charge in [0.25, 0.3) is 0 Å². The number of anilines is 2. The van der Waals surface area contributed by atoms with Crippen LogP contribution in [0.15, 0.2) is 18.6 Å². The molecule has 0 saturated carbocycles. The molecule has 0 bridgehead atoms. The van der Waals surface area contributed by atoms with Gasteiger partial charge >= 0.3 is 0 Å². The summed E-state index contributed by atoms with van der Waals surface area (Å²) in [4.78, 5) is 22.0. The molecule has 0 saturated heterocycles. The Labute approximate surface area is 111 Å². The van der Waals surface area contributed by atoms with Gasteiger partial charge in [0.05, 0.1) is 12.7 Å². The van der Waals surface area contributed by atoms with Crippen molar-refractivity contribution >= 4 is 23.2 Å². The molecule has 2 rings (SSSR count). The van der Waals surface area contributed by atoms with Crippen LogP contribution in [0.5, 0.6) is 0 Å². The van der Waals surface area contributed by atoms with Crippen LogP contribution in [0.2, 0.25) is 0 Å². The van der Waals surface area contributed by atoms with Crippen molar-refractivity contribution < 1.29 is 4.79 Å². The van der Waals surface area contributed by atoms with E-state index in [4.69, 9.17) is 5.73 Å². The van der Waals surface area contributed by atoms with Crippen molar-refractivity contribution in [3.05, 3.63) is 18.6 Å². The van der Waals surface area contributed by atoms with Gasteiger partial charge in [-0.3, -0.25) is 4.79 Å². The Balaban J connectivity index is 2.23. The molecule has 0 radical (unpaired) electrons. The second-order valence-corrected chi connectivity index (χ2v) is 4.73. The molecule has 2 heterocycles. The fraction of sp³-hybridized carbons (Fsp3) is 0.417. The van der Waals surface area contributed by atoms with Crippen molar-refractivity contribution in [2.24, 2.45) is 0 Å². The van der Waals surface area contributed by atoms with Gasteiger partial charge in [-0.15, -0.1) is 0 Å². The van der Waals surface area contributed by atoms with E-state index in [1.807, 2.05) is 13.8 Å². The van der Waals surface area contributed by atoms with E-state index in [9.17, 15) is 4.79 Å². The van der Waals surface area contributed by atoms with Crippen LogP contribution in [0.4, 0.5) is 11.6 Å². The van der Waals surface area contributed by atoms with Crippen LogP contribution >= 0.6 is 0 Å². The smallest absolute Gasteiger partial charge is 0.239 e. The molecular weight excluding hydrogens is 244 g/mol. The Hall–Kier alpha value is -2.31. The number of hydrogen-bond donors (Lipinski definition) is 2. The predicted octanol–water partition coefficient (Wildman–Crippen LogP) is 0.272. The lowest BCUT2D eigenvalue weighted by atomic mass is 10.4. The van der Waals surface area contributed by atoms with Gasteiger partial charge in [-0.1, -0.05) is 0 Å². The second-order valence-electron chi connectivity index (χ2n) is 4.73. The summed E-state index contributed by atoms with van der Waals surface area (Å²) in [5, 5.41) is 2.83. The topological polar surface area (TPSA) is 88.5 Å². The SMILES string of the molecule is CC(C)NC(=O)CN(C)c1nc(N)cn2ccnc12. The van der Waals surface area contributed by atoms with Gasteiger partial charge in [0.15, 0.2) is 11.5 Å². The third kappa shape index (κ3) is 2.93. The van der Waals surface area contributed by atoms with E-state index in [2.05, 4.69) is 15.3 Å². The first-order valence-corrected chi connectivity index (χ1v) is 6.07. The van der Waals surface area contributed by atoms with Crippen molar-refractivity contribution in [3.8, 4) is 0 Å². The molecular formula is C12H18N6O. The summed E-state index contributed by atoms with van der Waals surface area (Å²) in [6, 6.07) is 0.112. The fourth-order valence-corrected chi connectivity index (χ4v) is 1.85. The molecule has 102 valence electrons. The van der Waals surface area contributed by atoms with Gasteiger partial charge in [0.1, 0.15) is 5.82 Å². The normalized spacial score (nSPS) is 10.9. The number of imidazole rings is 1. The lowest BCUT2D eigenvalue weighted by molar-refractivity contribution is -0.120. The predicted molar refractivity (Wildman–Crippen MR) is 73.9 cm³/mol. The van der Waals surface area contributed by atoms with E-state index in [-0.39, 0.29) is 18.5 Å². The zero-order valence-electron chi connectivity index (χ0n) is 11.3. The molecule has 0 fully saturated rings. The monoisotopic (exact) mass is 262 g/mol. The minimum atomic E-state index is -0.0635. The average molecular weight is 262 g/mol. The number of rotatable bonds is 4. The Morgan fingerprint density at radius 1 is 1.58 bits per heavy atom. The molecule has 0 atom stereocenters. The quantitative estimate of drug-likeness (QED) is 0.825. The van der Waals surface area contributed by atoms with Crippen molar-refractivity contribution in [3.63, 3.8) is 0 Å². The summed E-state index contributed by atoms with van der Waals surface area (Å²) in [5.74, 6) is 0.909. The minimum absolute atomic E-state index is 0.0635. The molecule has 0 aliphatic carbocycles. The van der Waals surface area contributed by atoms with Crippen LogP contribution < -0.4 is 16.0 Å². The highest BCUT2D eigenvalue weighted by molar-refractivity contribution is 5.82. The van der Waals surface area contributed by atoms with Crippen LogP contribution in [-0.2, 0) is 4.79 Å². The van der Waals surface area contributed by atoms with Crippen LogP contribution in [-0.4, -0.2) is 39.9 Å². The molecule has 0 unspecified atom stereocenters. The van der Waals surface area contributed by atoms with E-state index in [1.165, 1.54) is 0 Å². The van der Waals surface area contributed by atoms with Crippen LogP contribution in [0.25, 0.3) is 5.65 Å². The minimum Gasteiger partial charge on any atom is -0.382 e. The molecule has 7 heteroatoms. The first kappa shape index (κ1) is 13.1. The third-order valence-electron chi connectivity index (χ3n) is 2.57. The Morgan fingerprint density at radius 2 is 2.32 bits per heavy atom. The summed E-state index contributed by atoms with van der Waals surface area (Å²) in [6.07, 6.45) is 5.15. The molecule has 2 aromatic heterocycles. The second kappa shape index (κ2) is 5.13. The summed E-state index contributed by atoms with van der Waals surface area (Å²) < 4.78 is 1.79. The molecule has 7 nitrogen and oxygen atoms in total. The van der Waals surface area contributed by atoms with E-state index in [0.29, 0.717) is 17.3 Å². The maximum atomic E-state index is 11.8. The molecule has 2 aromatic rings. The molecule has 0 spiro atoms. The lowest BCUT2D eigenvalue weighted by Gasteiger charge is -2.19. The van der Waals surface area contributed by atoms with Gasteiger partial charge < -0.3 is 20.4 Å². The number of likely N-dealkylation sites (N-methyl/N-ethyl adjacent to an activating group) is 1. The number of fused-ring (bicyclic) bond motifs is 1. The van der Waals surface area contributed by atoms with Gasteiger partial charge in [0, 0.05) is 25.5 Å². The van der Waals surface area contributed by atoms with E-state index in [0.717, 1.165) is 0 Å². The van der Waals surface area contributed by atoms with Crippen LogP contribution in [0, 0.1) is 0 Å². The lowest BCUT2D eigenvalue weighted by Crippen LogP contribution is -2.39. The Morgan fingerprint density at radius 3 is 3.00 bits per heavy atom. The van der Waals surface area contributed by atoms with E-state index >= 15 is 0 Å². The summed E-state index contributed by atoms with van der Waals surface area (Å²) in [7, 11) is 1.79. The summed E-state index contributed by atoms with van der Waals surface area (Å²) in [6.45, 7) is 4.05. The Kier molecular flexibility index (Phi) is 3.55. The number of carbonyl (C=O) groups is 1. The highest BCUT2D eigenvalue weighted by Gasteiger charge is 2.14. The number of nitrogens with two attached hydrogens (primary N) is 1. The third-order valence-corrected chi connectivity index (χ3v) is 2.57. The van der Waals surface area contributed by atoms with Crippen molar-refractivity contribution in [2.45, 2.75) is 19.9 Å². The van der Waals surface area contributed by atoms with Gasteiger partial charge in [-0.2, -0.15) is 0 Å². The first-order valence-electron chi connectivity index (χ1n) is 6.07. The molecule has 0 aromatic carbocycles. The zero-order valence-corrected chi connectivity index (χ0v) is 11.3. The maximum absolute atomic E-state index is 11.8. The first-order chi connectivity index (χ1) is 8.97. The van der Waals surface area contributed by atoms with Crippen molar-refractivity contribution in [1.82, 2.24) is 19.7 Å². The molecule has 0 aliphatic rings. The number of nitrogen functional groups attached to an aromatic ring is 1. The van der Waals surface area contributed by atoms with Crippen LogP contribution in [0.1, 0.15) is 13.8 Å². The zero-order chi connectivity index (χ0) is 14.0.